The van der Waals surface area contributed by atoms with Crippen LogP contribution in [0.15, 0.2) is 41.6 Å². The number of carbonyl (C=O) groups excluding carboxylic acids is 2. The molecule has 6 nitrogen and oxygen atoms in total. The van der Waals surface area contributed by atoms with Gasteiger partial charge in [-0.1, -0.05) is 18.5 Å². The van der Waals surface area contributed by atoms with Gasteiger partial charge >= 0.3 is 0 Å². The summed E-state index contributed by atoms with van der Waals surface area (Å²) in [5.41, 5.74) is 1.36. The molecular formula is C18H20ClN3O3S. The number of nitrogens with zero attached hydrogens (tertiary/aromatic N) is 1. The lowest BCUT2D eigenvalue weighted by Crippen LogP contribution is -2.27. The molecule has 0 bridgehead atoms. The number of carbonyl (C=O) groups is 2. The van der Waals surface area contributed by atoms with Crippen molar-refractivity contribution < 1.29 is 14.3 Å². The molecule has 0 aliphatic carbocycles. The van der Waals surface area contributed by atoms with Crippen molar-refractivity contribution in [2.45, 2.75) is 11.9 Å². The molecule has 0 fully saturated rings. The molecule has 0 spiro atoms. The lowest BCUT2D eigenvalue weighted by atomic mass is 10.1. The zero-order valence-electron chi connectivity index (χ0n) is 14.5. The standard InChI is InChI=1S/C18H20ClN3O3S/c1-3-26-16-10-12(6-7-20-16)17(23)22-13-4-5-14(15(19)11-13)18(24)21-8-9-25-2/h4-7,10-11H,3,8-9H2,1-2H3,(H,21,24)(H,22,23). The number of thioether (sulfide) groups is 1. The van der Waals surface area contributed by atoms with Gasteiger partial charge in [0, 0.05) is 31.1 Å². The average molecular weight is 394 g/mol. The second-order valence-corrected chi connectivity index (χ2v) is 6.90. The minimum absolute atomic E-state index is 0.259. The number of benzene rings is 1. The van der Waals surface area contributed by atoms with Crippen LogP contribution in [0.3, 0.4) is 0 Å². The van der Waals surface area contributed by atoms with Crippen LogP contribution < -0.4 is 10.6 Å². The van der Waals surface area contributed by atoms with E-state index in [1.54, 1.807) is 55.4 Å². The number of ether oxygens (including phenoxy) is 1. The summed E-state index contributed by atoms with van der Waals surface area (Å²) >= 11 is 7.74. The SMILES string of the molecule is CCSc1cc(C(=O)Nc2ccc(C(=O)NCCOC)c(Cl)c2)ccn1. The number of methoxy groups -OCH3 is 1. The van der Waals surface area contributed by atoms with Gasteiger partial charge in [-0.25, -0.2) is 4.98 Å². The van der Waals surface area contributed by atoms with Gasteiger partial charge in [-0.2, -0.15) is 0 Å². The van der Waals surface area contributed by atoms with Crippen LogP contribution in [0.5, 0.6) is 0 Å². The van der Waals surface area contributed by atoms with Gasteiger partial charge in [0.15, 0.2) is 0 Å². The highest BCUT2D eigenvalue weighted by atomic mass is 35.5. The van der Waals surface area contributed by atoms with Crippen LogP contribution in [0.2, 0.25) is 5.02 Å². The Kier molecular flexibility index (Phi) is 7.90. The normalized spacial score (nSPS) is 10.4. The molecule has 1 heterocycles. The maximum atomic E-state index is 12.4. The van der Waals surface area contributed by atoms with E-state index in [-0.39, 0.29) is 16.8 Å². The van der Waals surface area contributed by atoms with Gasteiger partial charge in [-0.3, -0.25) is 9.59 Å². The lowest BCUT2D eigenvalue weighted by molar-refractivity contribution is 0.0937. The van der Waals surface area contributed by atoms with E-state index in [1.165, 1.54) is 0 Å². The summed E-state index contributed by atoms with van der Waals surface area (Å²) in [7, 11) is 1.56. The first-order valence-electron chi connectivity index (χ1n) is 8.02. The predicted molar refractivity (Wildman–Crippen MR) is 104 cm³/mol. The second-order valence-electron chi connectivity index (χ2n) is 5.21. The molecule has 1 aromatic heterocycles. The molecule has 0 saturated carbocycles. The van der Waals surface area contributed by atoms with Gasteiger partial charge in [-0.15, -0.1) is 11.8 Å². The van der Waals surface area contributed by atoms with Gasteiger partial charge < -0.3 is 15.4 Å². The number of pyridine rings is 1. The first kappa shape index (κ1) is 20.2. The summed E-state index contributed by atoms with van der Waals surface area (Å²) in [5.74, 6) is 0.320. The molecule has 0 saturated heterocycles. The number of nitrogens with one attached hydrogen (secondary N) is 2. The third-order valence-corrected chi connectivity index (χ3v) is 4.47. The van der Waals surface area contributed by atoms with Crippen LogP contribution >= 0.6 is 23.4 Å². The summed E-state index contributed by atoms with van der Waals surface area (Å²) in [6.45, 7) is 2.83. The van der Waals surface area contributed by atoms with Crippen LogP contribution in [0, 0.1) is 0 Å². The van der Waals surface area contributed by atoms with Crippen LogP contribution in [-0.4, -0.2) is 42.8 Å². The van der Waals surface area contributed by atoms with Crippen molar-refractivity contribution in [3.05, 3.63) is 52.7 Å². The van der Waals surface area contributed by atoms with Gasteiger partial charge in [0.05, 0.1) is 22.2 Å². The van der Waals surface area contributed by atoms with Gasteiger partial charge in [0.25, 0.3) is 11.8 Å². The third kappa shape index (κ3) is 5.72. The molecule has 0 aliphatic heterocycles. The Balaban J connectivity index is 2.06. The quantitative estimate of drug-likeness (QED) is 0.530. The molecule has 138 valence electrons. The zero-order chi connectivity index (χ0) is 18.9. The monoisotopic (exact) mass is 393 g/mol. The molecule has 2 amide bonds. The number of aromatic nitrogens is 1. The van der Waals surface area contributed by atoms with E-state index in [4.69, 9.17) is 16.3 Å². The molecule has 0 atom stereocenters. The Morgan fingerprint density at radius 3 is 2.73 bits per heavy atom. The van der Waals surface area contributed by atoms with E-state index in [1.807, 2.05) is 6.92 Å². The maximum Gasteiger partial charge on any atom is 0.255 e. The highest BCUT2D eigenvalue weighted by Gasteiger charge is 2.12. The fraction of sp³-hybridized carbons (Fsp3) is 0.278. The molecule has 2 rings (SSSR count). The number of halogens is 1. The van der Waals surface area contributed by atoms with E-state index in [0.717, 1.165) is 10.8 Å². The van der Waals surface area contributed by atoms with Gasteiger partial charge in [0.1, 0.15) is 0 Å². The van der Waals surface area contributed by atoms with Crippen LogP contribution in [-0.2, 0) is 4.74 Å². The first-order valence-corrected chi connectivity index (χ1v) is 9.38. The van der Waals surface area contributed by atoms with Crippen molar-refractivity contribution in [1.82, 2.24) is 10.3 Å². The number of hydrogen-bond acceptors (Lipinski definition) is 5. The summed E-state index contributed by atoms with van der Waals surface area (Å²) in [6.07, 6.45) is 1.60. The molecule has 26 heavy (non-hydrogen) atoms. The molecule has 2 aromatic rings. The Hall–Kier alpha value is -2.09. The van der Waals surface area contributed by atoms with E-state index in [0.29, 0.717) is 30.0 Å². The average Bonchev–Trinajstić information content (AvgIpc) is 2.62. The van der Waals surface area contributed by atoms with Crippen molar-refractivity contribution >= 4 is 40.9 Å². The zero-order valence-corrected chi connectivity index (χ0v) is 16.1. The Morgan fingerprint density at radius 1 is 1.23 bits per heavy atom. The molecule has 0 radical (unpaired) electrons. The smallest absolute Gasteiger partial charge is 0.255 e. The van der Waals surface area contributed by atoms with E-state index >= 15 is 0 Å². The first-order chi connectivity index (χ1) is 12.5. The van der Waals surface area contributed by atoms with Crippen molar-refractivity contribution in [3.8, 4) is 0 Å². The summed E-state index contributed by atoms with van der Waals surface area (Å²) in [6, 6.07) is 8.15. The highest BCUT2D eigenvalue weighted by Crippen LogP contribution is 2.22. The van der Waals surface area contributed by atoms with Crippen molar-refractivity contribution in [1.29, 1.82) is 0 Å². The number of hydrogen-bond donors (Lipinski definition) is 2. The van der Waals surface area contributed by atoms with Gasteiger partial charge in [0.2, 0.25) is 0 Å². The minimum atomic E-state index is -0.291. The summed E-state index contributed by atoms with van der Waals surface area (Å²) < 4.78 is 4.89. The summed E-state index contributed by atoms with van der Waals surface area (Å²) in [5, 5.41) is 6.53. The molecule has 8 heteroatoms. The molecule has 1 aromatic carbocycles. The molecular weight excluding hydrogens is 374 g/mol. The number of amides is 2. The van der Waals surface area contributed by atoms with Crippen molar-refractivity contribution in [2.75, 3.05) is 31.3 Å². The fourth-order valence-electron chi connectivity index (χ4n) is 2.12. The largest absolute Gasteiger partial charge is 0.383 e. The molecule has 2 N–H and O–H groups in total. The van der Waals surface area contributed by atoms with Crippen LogP contribution in [0.4, 0.5) is 5.69 Å². The fourth-order valence-corrected chi connectivity index (χ4v) is 3.03. The number of rotatable bonds is 8. The highest BCUT2D eigenvalue weighted by molar-refractivity contribution is 7.99. The van der Waals surface area contributed by atoms with E-state index in [9.17, 15) is 9.59 Å². The van der Waals surface area contributed by atoms with Crippen molar-refractivity contribution in [3.63, 3.8) is 0 Å². The Morgan fingerprint density at radius 2 is 2.04 bits per heavy atom. The van der Waals surface area contributed by atoms with Gasteiger partial charge in [-0.05, 0) is 36.1 Å². The third-order valence-electron chi connectivity index (χ3n) is 3.35. The topological polar surface area (TPSA) is 80.3 Å². The van der Waals surface area contributed by atoms with Crippen LogP contribution in [0.25, 0.3) is 0 Å². The molecule has 0 unspecified atom stereocenters. The lowest BCUT2D eigenvalue weighted by Gasteiger charge is -2.10. The Labute approximate surface area is 161 Å². The summed E-state index contributed by atoms with van der Waals surface area (Å²) in [4.78, 5) is 28.6. The van der Waals surface area contributed by atoms with Crippen LogP contribution in [0.1, 0.15) is 27.6 Å². The maximum absolute atomic E-state index is 12.4. The van der Waals surface area contributed by atoms with E-state index < -0.39 is 0 Å². The molecule has 0 aliphatic rings. The second kappa shape index (κ2) is 10.2. The minimum Gasteiger partial charge on any atom is -0.383 e. The predicted octanol–water partition coefficient (Wildman–Crippen LogP) is 3.48. The van der Waals surface area contributed by atoms with Crippen molar-refractivity contribution in [2.24, 2.45) is 0 Å². The number of anilines is 1. The van der Waals surface area contributed by atoms with E-state index in [2.05, 4.69) is 15.6 Å². The Bertz CT molecular complexity index is 786.